The number of hydrogen-bond acceptors (Lipinski definition) is 4. The van der Waals surface area contributed by atoms with Crippen molar-refractivity contribution in [1.29, 1.82) is 0 Å². The number of benzene rings is 2. The van der Waals surface area contributed by atoms with E-state index in [1.807, 2.05) is 43.3 Å². The van der Waals surface area contributed by atoms with Crippen molar-refractivity contribution in [2.75, 3.05) is 25.6 Å². The van der Waals surface area contributed by atoms with E-state index in [4.69, 9.17) is 9.47 Å². The molecule has 0 heterocycles. The van der Waals surface area contributed by atoms with Crippen LogP contribution in [-0.2, 0) is 11.3 Å². The second kappa shape index (κ2) is 10.4. The molecule has 0 aliphatic heterocycles. The molecule has 2 rings (SSSR count). The van der Waals surface area contributed by atoms with Crippen LogP contribution in [0.3, 0.4) is 0 Å². The van der Waals surface area contributed by atoms with E-state index in [1.54, 1.807) is 7.11 Å². The van der Waals surface area contributed by atoms with Gasteiger partial charge in [-0.3, -0.25) is 4.79 Å². The van der Waals surface area contributed by atoms with Crippen LogP contribution < -0.4 is 20.1 Å². The lowest BCUT2D eigenvalue weighted by Crippen LogP contribution is -2.20. The van der Waals surface area contributed by atoms with Gasteiger partial charge < -0.3 is 20.1 Å². The number of ether oxygens (including phenoxy) is 2. The van der Waals surface area contributed by atoms with Crippen LogP contribution in [0.5, 0.6) is 11.5 Å². The molecule has 0 atom stereocenters. The number of nitrogens with one attached hydrogen (secondary N) is 2. The molecule has 2 N–H and O–H groups in total. The average molecular weight is 468 g/mol. The van der Waals surface area contributed by atoms with Crippen LogP contribution in [0.2, 0.25) is 0 Å². The number of aryl methyl sites for hydroxylation is 1. The molecule has 0 unspecified atom stereocenters. The lowest BCUT2D eigenvalue weighted by Gasteiger charge is -2.15. The highest BCUT2D eigenvalue weighted by Gasteiger charge is 2.13. The molecule has 0 bridgehead atoms. The fraction of sp³-hybridized carbons (Fsp3) is 0.350. The Bertz CT molecular complexity index is 733. The second-order valence-corrected chi connectivity index (χ2v) is 7.15. The predicted octanol–water partition coefficient (Wildman–Crippen LogP) is 4.13. The number of hydrogen-bond donors (Lipinski definition) is 2. The van der Waals surface area contributed by atoms with Crippen LogP contribution in [0.1, 0.15) is 24.5 Å². The third-order valence-electron chi connectivity index (χ3n) is 3.73. The summed E-state index contributed by atoms with van der Waals surface area (Å²) in [6, 6.07) is 11.6. The number of methoxy groups -OCH3 is 1. The van der Waals surface area contributed by atoms with E-state index >= 15 is 0 Å². The van der Waals surface area contributed by atoms with Gasteiger partial charge in [0.1, 0.15) is 0 Å². The van der Waals surface area contributed by atoms with Gasteiger partial charge in [0.25, 0.3) is 5.91 Å². The molecule has 1 amide bonds. The van der Waals surface area contributed by atoms with Crippen LogP contribution in [0.25, 0.3) is 0 Å². The SMILES string of the molecule is CCCNCc1cc(I)c(OCC(=O)Nc2ccc(C)cc2)c(OC)c1. The van der Waals surface area contributed by atoms with E-state index in [1.165, 1.54) is 0 Å². The van der Waals surface area contributed by atoms with Gasteiger partial charge in [0, 0.05) is 12.2 Å². The minimum absolute atomic E-state index is 0.0757. The maximum absolute atomic E-state index is 12.1. The Labute approximate surface area is 168 Å². The van der Waals surface area contributed by atoms with Gasteiger partial charge >= 0.3 is 0 Å². The number of amides is 1. The summed E-state index contributed by atoms with van der Waals surface area (Å²) in [4.78, 5) is 12.1. The summed E-state index contributed by atoms with van der Waals surface area (Å²) in [5, 5.41) is 6.19. The molecule has 0 saturated heterocycles. The zero-order valence-corrected chi connectivity index (χ0v) is 17.6. The molecular weight excluding hydrogens is 443 g/mol. The van der Waals surface area contributed by atoms with E-state index in [9.17, 15) is 4.79 Å². The van der Waals surface area contributed by atoms with Crippen LogP contribution in [0, 0.1) is 10.5 Å². The molecule has 0 aliphatic carbocycles. The normalized spacial score (nSPS) is 10.5. The minimum Gasteiger partial charge on any atom is -0.493 e. The Balaban J connectivity index is 1.99. The second-order valence-electron chi connectivity index (χ2n) is 5.99. The first-order valence-electron chi connectivity index (χ1n) is 8.60. The Morgan fingerprint density at radius 1 is 1.19 bits per heavy atom. The summed E-state index contributed by atoms with van der Waals surface area (Å²) in [5.74, 6) is 1.01. The van der Waals surface area contributed by atoms with Crippen molar-refractivity contribution in [3.05, 3.63) is 51.1 Å². The van der Waals surface area contributed by atoms with Gasteiger partial charge in [-0.15, -0.1) is 0 Å². The van der Waals surface area contributed by atoms with Crippen molar-refractivity contribution in [3.8, 4) is 11.5 Å². The van der Waals surface area contributed by atoms with Crippen molar-refractivity contribution in [2.24, 2.45) is 0 Å². The largest absolute Gasteiger partial charge is 0.493 e. The van der Waals surface area contributed by atoms with Gasteiger partial charge in [-0.05, 0) is 72.3 Å². The molecular formula is C20H25IN2O3. The zero-order valence-electron chi connectivity index (χ0n) is 15.4. The molecule has 6 heteroatoms. The van der Waals surface area contributed by atoms with Crippen molar-refractivity contribution < 1.29 is 14.3 Å². The molecule has 0 saturated carbocycles. The summed E-state index contributed by atoms with van der Waals surface area (Å²) in [5.41, 5.74) is 3.02. The summed E-state index contributed by atoms with van der Waals surface area (Å²) >= 11 is 2.21. The first-order chi connectivity index (χ1) is 12.5. The molecule has 0 fully saturated rings. The summed E-state index contributed by atoms with van der Waals surface area (Å²) in [6.45, 7) is 5.80. The van der Waals surface area contributed by atoms with E-state index in [0.717, 1.165) is 39.9 Å². The van der Waals surface area contributed by atoms with E-state index < -0.39 is 0 Å². The molecule has 2 aromatic rings. The Morgan fingerprint density at radius 2 is 1.92 bits per heavy atom. The molecule has 0 spiro atoms. The predicted molar refractivity (Wildman–Crippen MR) is 113 cm³/mol. The first-order valence-corrected chi connectivity index (χ1v) is 9.67. The monoisotopic (exact) mass is 468 g/mol. The Hall–Kier alpha value is -1.80. The molecule has 5 nitrogen and oxygen atoms in total. The molecule has 0 aromatic heterocycles. The average Bonchev–Trinajstić information content (AvgIpc) is 2.62. The Morgan fingerprint density at radius 3 is 2.58 bits per heavy atom. The minimum atomic E-state index is -0.208. The molecule has 140 valence electrons. The quantitative estimate of drug-likeness (QED) is 0.430. The lowest BCUT2D eigenvalue weighted by molar-refractivity contribution is -0.118. The van der Waals surface area contributed by atoms with Crippen molar-refractivity contribution in [1.82, 2.24) is 5.32 Å². The highest BCUT2D eigenvalue weighted by Crippen LogP contribution is 2.34. The van der Waals surface area contributed by atoms with Crippen molar-refractivity contribution >= 4 is 34.2 Å². The molecule has 26 heavy (non-hydrogen) atoms. The third-order valence-corrected chi connectivity index (χ3v) is 4.53. The maximum atomic E-state index is 12.1. The number of carbonyl (C=O) groups is 1. The third kappa shape index (κ3) is 6.17. The van der Waals surface area contributed by atoms with Crippen molar-refractivity contribution in [3.63, 3.8) is 0 Å². The molecule has 2 aromatic carbocycles. The first kappa shape index (κ1) is 20.5. The highest BCUT2D eigenvalue weighted by atomic mass is 127. The fourth-order valence-corrected chi connectivity index (χ4v) is 3.22. The van der Waals surface area contributed by atoms with Crippen LogP contribution in [0.15, 0.2) is 36.4 Å². The summed E-state index contributed by atoms with van der Waals surface area (Å²) in [7, 11) is 1.61. The topological polar surface area (TPSA) is 59.6 Å². The molecule has 0 radical (unpaired) electrons. The van der Waals surface area contributed by atoms with Gasteiger partial charge in [-0.25, -0.2) is 0 Å². The Kier molecular flexibility index (Phi) is 8.18. The highest BCUT2D eigenvalue weighted by molar-refractivity contribution is 14.1. The van der Waals surface area contributed by atoms with Crippen molar-refractivity contribution in [2.45, 2.75) is 26.8 Å². The number of rotatable bonds is 9. The van der Waals surface area contributed by atoms with E-state index in [-0.39, 0.29) is 12.5 Å². The van der Waals surface area contributed by atoms with Gasteiger partial charge in [0.15, 0.2) is 18.1 Å². The summed E-state index contributed by atoms with van der Waals surface area (Å²) < 4.78 is 12.1. The van der Waals surface area contributed by atoms with Gasteiger partial charge in [-0.2, -0.15) is 0 Å². The van der Waals surface area contributed by atoms with Gasteiger partial charge in [-0.1, -0.05) is 24.6 Å². The van der Waals surface area contributed by atoms with E-state index in [0.29, 0.717) is 11.5 Å². The lowest BCUT2D eigenvalue weighted by atomic mass is 10.2. The van der Waals surface area contributed by atoms with E-state index in [2.05, 4.69) is 40.1 Å². The van der Waals surface area contributed by atoms with Gasteiger partial charge in [0.05, 0.1) is 10.7 Å². The number of carbonyl (C=O) groups excluding carboxylic acids is 1. The fourth-order valence-electron chi connectivity index (χ4n) is 2.40. The maximum Gasteiger partial charge on any atom is 0.262 e. The van der Waals surface area contributed by atoms with Crippen LogP contribution >= 0.6 is 22.6 Å². The van der Waals surface area contributed by atoms with Gasteiger partial charge in [0.2, 0.25) is 0 Å². The van der Waals surface area contributed by atoms with Crippen LogP contribution in [0.4, 0.5) is 5.69 Å². The molecule has 0 aliphatic rings. The summed E-state index contributed by atoms with van der Waals surface area (Å²) in [6.07, 6.45) is 1.09. The number of anilines is 1. The zero-order chi connectivity index (χ0) is 18.9. The number of halogens is 1. The van der Waals surface area contributed by atoms with Crippen LogP contribution in [-0.4, -0.2) is 26.2 Å². The smallest absolute Gasteiger partial charge is 0.262 e. The standard InChI is InChI=1S/C20H25IN2O3/c1-4-9-22-12-15-10-17(21)20(18(11-15)25-3)26-13-19(24)23-16-7-5-14(2)6-8-16/h5-8,10-11,22H,4,9,12-13H2,1-3H3,(H,23,24).